The van der Waals surface area contributed by atoms with Crippen molar-refractivity contribution >= 4 is 5.78 Å². The SMILES string of the molecule is CCc1ccc2c(c1)C(=O)C(NC(C)C)CC2. The Morgan fingerprint density at radius 2 is 2.18 bits per heavy atom. The highest BCUT2D eigenvalue weighted by Gasteiger charge is 2.27. The zero-order valence-electron chi connectivity index (χ0n) is 10.9. The van der Waals surface area contributed by atoms with Crippen LogP contribution in [0.3, 0.4) is 0 Å². The van der Waals surface area contributed by atoms with Crippen LogP contribution in [0.15, 0.2) is 18.2 Å². The number of hydrogen-bond acceptors (Lipinski definition) is 2. The molecule has 0 bridgehead atoms. The molecule has 1 aliphatic carbocycles. The lowest BCUT2D eigenvalue weighted by Crippen LogP contribution is -2.43. The summed E-state index contributed by atoms with van der Waals surface area (Å²) in [5.41, 5.74) is 3.41. The molecule has 2 nitrogen and oxygen atoms in total. The number of fused-ring (bicyclic) bond motifs is 1. The maximum absolute atomic E-state index is 12.4. The predicted molar refractivity (Wildman–Crippen MR) is 70.5 cm³/mol. The van der Waals surface area contributed by atoms with Crippen molar-refractivity contribution in [3.63, 3.8) is 0 Å². The van der Waals surface area contributed by atoms with Gasteiger partial charge in [-0.1, -0.05) is 32.9 Å². The Bertz CT molecular complexity index is 423. The molecular formula is C15H21NO. The molecule has 0 aromatic heterocycles. The van der Waals surface area contributed by atoms with Crippen molar-refractivity contribution in [2.24, 2.45) is 0 Å². The van der Waals surface area contributed by atoms with Crippen LogP contribution in [-0.2, 0) is 12.8 Å². The van der Waals surface area contributed by atoms with Gasteiger partial charge in [-0.2, -0.15) is 0 Å². The molecule has 1 aromatic carbocycles. The number of ketones is 1. The second kappa shape index (κ2) is 5.01. The summed E-state index contributed by atoms with van der Waals surface area (Å²) < 4.78 is 0. The van der Waals surface area contributed by atoms with Crippen LogP contribution in [0.1, 0.15) is 48.7 Å². The molecule has 0 heterocycles. The molecule has 17 heavy (non-hydrogen) atoms. The highest BCUT2D eigenvalue weighted by Crippen LogP contribution is 2.23. The second-order valence-electron chi connectivity index (χ2n) is 5.12. The lowest BCUT2D eigenvalue weighted by Gasteiger charge is -2.26. The molecule has 1 unspecified atom stereocenters. The number of Topliss-reactive ketones (excluding diaryl/α,β-unsaturated/α-hetero) is 1. The van der Waals surface area contributed by atoms with Crippen molar-refractivity contribution in [2.75, 3.05) is 0 Å². The van der Waals surface area contributed by atoms with Crippen LogP contribution in [0.2, 0.25) is 0 Å². The third-order valence-electron chi connectivity index (χ3n) is 3.40. The fourth-order valence-electron chi connectivity index (χ4n) is 2.47. The summed E-state index contributed by atoms with van der Waals surface area (Å²) in [4.78, 5) is 12.4. The first-order valence-electron chi connectivity index (χ1n) is 6.54. The zero-order valence-corrected chi connectivity index (χ0v) is 10.9. The molecule has 0 saturated heterocycles. The highest BCUT2D eigenvalue weighted by molar-refractivity contribution is 6.02. The summed E-state index contributed by atoms with van der Waals surface area (Å²) in [6.45, 7) is 6.30. The van der Waals surface area contributed by atoms with Crippen LogP contribution in [0.4, 0.5) is 0 Å². The number of carbonyl (C=O) groups excluding carboxylic acids is 1. The highest BCUT2D eigenvalue weighted by atomic mass is 16.1. The Hall–Kier alpha value is -1.15. The first kappa shape index (κ1) is 12.3. The van der Waals surface area contributed by atoms with E-state index in [1.807, 2.05) is 0 Å². The van der Waals surface area contributed by atoms with Crippen LogP contribution in [0.25, 0.3) is 0 Å². The van der Waals surface area contributed by atoms with Crippen LogP contribution >= 0.6 is 0 Å². The fraction of sp³-hybridized carbons (Fsp3) is 0.533. The van der Waals surface area contributed by atoms with Gasteiger partial charge in [-0.25, -0.2) is 0 Å². The summed E-state index contributed by atoms with van der Waals surface area (Å²) in [5, 5.41) is 3.36. The molecule has 1 aliphatic rings. The number of benzene rings is 1. The third kappa shape index (κ3) is 2.58. The lowest BCUT2D eigenvalue weighted by atomic mass is 9.85. The van der Waals surface area contributed by atoms with E-state index in [4.69, 9.17) is 0 Å². The van der Waals surface area contributed by atoms with Gasteiger partial charge in [0.2, 0.25) is 0 Å². The average Bonchev–Trinajstić information content (AvgIpc) is 2.32. The van der Waals surface area contributed by atoms with Crippen molar-refractivity contribution in [3.8, 4) is 0 Å². The number of hydrogen-bond donors (Lipinski definition) is 1. The van der Waals surface area contributed by atoms with E-state index >= 15 is 0 Å². The molecule has 92 valence electrons. The van der Waals surface area contributed by atoms with Gasteiger partial charge in [-0.3, -0.25) is 4.79 Å². The minimum Gasteiger partial charge on any atom is -0.305 e. The molecule has 0 saturated carbocycles. The summed E-state index contributed by atoms with van der Waals surface area (Å²) in [7, 11) is 0. The van der Waals surface area contributed by atoms with E-state index in [0.29, 0.717) is 6.04 Å². The van der Waals surface area contributed by atoms with Gasteiger partial charge >= 0.3 is 0 Å². The Morgan fingerprint density at radius 3 is 2.82 bits per heavy atom. The van der Waals surface area contributed by atoms with Gasteiger partial charge in [0.25, 0.3) is 0 Å². The largest absolute Gasteiger partial charge is 0.305 e. The quantitative estimate of drug-likeness (QED) is 0.866. The summed E-state index contributed by atoms with van der Waals surface area (Å²) in [5.74, 6) is 0.273. The Morgan fingerprint density at radius 1 is 1.41 bits per heavy atom. The number of carbonyl (C=O) groups is 1. The molecule has 1 N–H and O–H groups in total. The van der Waals surface area contributed by atoms with E-state index in [2.05, 4.69) is 44.3 Å². The van der Waals surface area contributed by atoms with Gasteiger partial charge in [-0.15, -0.1) is 0 Å². The van der Waals surface area contributed by atoms with E-state index in [-0.39, 0.29) is 11.8 Å². The Kier molecular flexibility index (Phi) is 3.63. The summed E-state index contributed by atoms with van der Waals surface area (Å²) in [6.07, 6.45) is 2.92. The standard InChI is InChI=1S/C15H21NO/c1-4-11-5-6-12-7-8-14(16-10(2)3)15(17)13(12)9-11/h5-6,9-10,14,16H,4,7-8H2,1-3H3. The van der Waals surface area contributed by atoms with E-state index < -0.39 is 0 Å². The maximum atomic E-state index is 12.4. The first-order chi connectivity index (χ1) is 8.11. The molecule has 0 amide bonds. The normalized spacial score (nSPS) is 19.5. The van der Waals surface area contributed by atoms with Crippen molar-refractivity contribution in [2.45, 2.75) is 52.1 Å². The van der Waals surface area contributed by atoms with Crippen molar-refractivity contribution in [1.82, 2.24) is 5.32 Å². The zero-order chi connectivity index (χ0) is 12.4. The van der Waals surface area contributed by atoms with E-state index in [9.17, 15) is 4.79 Å². The molecule has 0 fully saturated rings. The van der Waals surface area contributed by atoms with E-state index in [1.165, 1.54) is 11.1 Å². The van der Waals surface area contributed by atoms with E-state index in [0.717, 1.165) is 24.8 Å². The summed E-state index contributed by atoms with van der Waals surface area (Å²) in [6, 6.07) is 6.71. The van der Waals surface area contributed by atoms with Crippen LogP contribution in [0, 0.1) is 0 Å². The number of rotatable bonds is 3. The molecule has 0 radical (unpaired) electrons. The predicted octanol–water partition coefficient (Wildman–Crippen LogP) is 2.74. The Labute approximate surface area is 103 Å². The molecule has 1 aromatic rings. The lowest BCUT2D eigenvalue weighted by molar-refractivity contribution is 0.0922. The second-order valence-corrected chi connectivity index (χ2v) is 5.12. The van der Waals surface area contributed by atoms with Crippen molar-refractivity contribution in [3.05, 3.63) is 34.9 Å². The smallest absolute Gasteiger partial charge is 0.180 e. The molecule has 2 rings (SSSR count). The Balaban J connectivity index is 2.27. The third-order valence-corrected chi connectivity index (χ3v) is 3.40. The van der Waals surface area contributed by atoms with Gasteiger partial charge in [-0.05, 0) is 36.5 Å². The number of aryl methyl sites for hydroxylation is 2. The van der Waals surface area contributed by atoms with Crippen molar-refractivity contribution < 1.29 is 4.79 Å². The summed E-state index contributed by atoms with van der Waals surface area (Å²) >= 11 is 0. The molecule has 2 heteroatoms. The first-order valence-corrected chi connectivity index (χ1v) is 6.54. The van der Waals surface area contributed by atoms with Crippen LogP contribution < -0.4 is 5.32 Å². The molecule has 1 atom stereocenters. The molecule has 0 spiro atoms. The van der Waals surface area contributed by atoms with Gasteiger partial charge in [0.05, 0.1) is 6.04 Å². The number of nitrogens with one attached hydrogen (secondary N) is 1. The van der Waals surface area contributed by atoms with Gasteiger partial charge < -0.3 is 5.32 Å². The molecular weight excluding hydrogens is 210 g/mol. The van der Waals surface area contributed by atoms with Gasteiger partial charge in [0.15, 0.2) is 5.78 Å². The topological polar surface area (TPSA) is 29.1 Å². The monoisotopic (exact) mass is 231 g/mol. The van der Waals surface area contributed by atoms with Crippen molar-refractivity contribution in [1.29, 1.82) is 0 Å². The average molecular weight is 231 g/mol. The molecule has 0 aliphatic heterocycles. The van der Waals surface area contributed by atoms with Crippen LogP contribution in [0.5, 0.6) is 0 Å². The minimum atomic E-state index is 0.00889. The van der Waals surface area contributed by atoms with Crippen LogP contribution in [-0.4, -0.2) is 17.9 Å². The van der Waals surface area contributed by atoms with Gasteiger partial charge in [0, 0.05) is 11.6 Å². The maximum Gasteiger partial charge on any atom is 0.180 e. The van der Waals surface area contributed by atoms with E-state index in [1.54, 1.807) is 0 Å². The van der Waals surface area contributed by atoms with Gasteiger partial charge in [0.1, 0.15) is 0 Å². The minimum absolute atomic E-state index is 0.00889. The fourth-order valence-corrected chi connectivity index (χ4v) is 2.47.